The quantitative estimate of drug-likeness (QED) is 0.239. The molecule has 0 bridgehead atoms. The average Bonchev–Trinajstić information content (AvgIpc) is 2.05. The largest absolute Gasteiger partial charge is 2.00 e. The van der Waals surface area contributed by atoms with Crippen LogP contribution >= 0.6 is 0 Å². The first-order valence-corrected chi connectivity index (χ1v) is 3.66. The Labute approximate surface area is 76.4 Å². The second-order valence-electron chi connectivity index (χ2n) is 2.70. The summed E-state index contributed by atoms with van der Waals surface area (Å²) in [6.45, 7) is 0. The molecule has 4 nitrogen and oxygen atoms in total. The molecule has 0 aromatic heterocycles. The predicted octanol–water partition coefficient (Wildman–Crippen LogP) is 1.76. The van der Waals surface area contributed by atoms with Crippen LogP contribution in [0.1, 0.15) is 32.1 Å². The van der Waals surface area contributed by atoms with Crippen molar-refractivity contribution < 1.29 is 32.2 Å². The predicted molar refractivity (Wildman–Crippen MR) is 33.6 cm³/mol. The Balaban J connectivity index is 0.000001000. The van der Waals surface area contributed by atoms with Gasteiger partial charge in [0.2, 0.25) is 6.04 Å². The molecule has 0 unspecified atom stereocenters. The maximum Gasteiger partial charge on any atom is 2.00 e. The zero-order valence-corrected chi connectivity index (χ0v) is 7.16. The van der Waals surface area contributed by atoms with E-state index in [1.807, 2.05) is 0 Å². The molecule has 0 aromatic rings. The van der Waals surface area contributed by atoms with Gasteiger partial charge in [0, 0.05) is 12.8 Å². The zero-order chi connectivity index (χ0) is 7.40. The first kappa shape index (κ1) is 10.9. The summed E-state index contributed by atoms with van der Waals surface area (Å²) >= 11 is 0. The van der Waals surface area contributed by atoms with Gasteiger partial charge in [0.25, 0.3) is 0 Å². The number of hydrogen-bond donors (Lipinski definition) is 2. The van der Waals surface area contributed by atoms with Gasteiger partial charge in [-0.25, -0.2) is 0 Å². The molecule has 0 aliphatic heterocycles. The third-order valence-corrected chi connectivity index (χ3v) is 1.99. The summed E-state index contributed by atoms with van der Waals surface area (Å²) in [7, 11) is 0. The Morgan fingerprint density at radius 3 is 2.27 bits per heavy atom. The van der Waals surface area contributed by atoms with Crippen molar-refractivity contribution in [2.45, 2.75) is 38.1 Å². The van der Waals surface area contributed by atoms with E-state index in [2.05, 4.69) is 4.99 Å². The maximum atomic E-state index is 8.13. The van der Waals surface area contributed by atoms with Crippen LogP contribution < -0.4 is 0 Å². The SMILES string of the molecule is N=[N+](OO)C1CCCCC1.[Cu+2]. The van der Waals surface area contributed by atoms with Gasteiger partial charge >= 0.3 is 17.1 Å². The molecule has 1 saturated carbocycles. The summed E-state index contributed by atoms with van der Waals surface area (Å²) < 4.78 is 0. The molecule has 1 aliphatic rings. The van der Waals surface area contributed by atoms with Crippen LogP contribution in [0.25, 0.3) is 0 Å². The molecule has 0 spiro atoms. The van der Waals surface area contributed by atoms with Crippen molar-refractivity contribution in [1.82, 2.24) is 0 Å². The molecule has 0 amide bonds. The molecule has 1 fully saturated rings. The molecule has 1 rings (SSSR count). The Morgan fingerprint density at radius 2 is 1.82 bits per heavy atom. The van der Waals surface area contributed by atoms with Crippen molar-refractivity contribution in [3.8, 4) is 0 Å². The molecule has 1 aliphatic carbocycles. The van der Waals surface area contributed by atoms with Gasteiger partial charge in [0.15, 0.2) is 0 Å². The minimum absolute atomic E-state index is 0. The van der Waals surface area contributed by atoms with E-state index in [-0.39, 0.29) is 23.1 Å². The van der Waals surface area contributed by atoms with Crippen LogP contribution in [-0.2, 0) is 22.1 Å². The number of rotatable bonds is 2. The second kappa shape index (κ2) is 5.52. The van der Waals surface area contributed by atoms with Crippen molar-refractivity contribution in [2.75, 3.05) is 0 Å². The van der Waals surface area contributed by atoms with Crippen molar-refractivity contribution in [2.24, 2.45) is 0 Å². The topological polar surface area (TPSA) is 56.3 Å². The van der Waals surface area contributed by atoms with E-state index < -0.39 is 0 Å². The molecule has 0 saturated heterocycles. The first-order chi connectivity index (χ1) is 4.84. The summed E-state index contributed by atoms with van der Waals surface area (Å²) in [5.74, 6) is 0. The van der Waals surface area contributed by atoms with Gasteiger partial charge in [-0.1, -0.05) is 11.4 Å². The fourth-order valence-electron chi connectivity index (χ4n) is 1.38. The van der Waals surface area contributed by atoms with Crippen LogP contribution in [0.15, 0.2) is 0 Å². The van der Waals surface area contributed by atoms with Gasteiger partial charge in [-0.05, 0) is 18.4 Å². The summed E-state index contributed by atoms with van der Waals surface area (Å²) in [5.41, 5.74) is 7.08. The van der Waals surface area contributed by atoms with E-state index in [9.17, 15) is 0 Å². The molecule has 0 aromatic carbocycles. The van der Waals surface area contributed by atoms with E-state index in [1.54, 1.807) is 0 Å². The first-order valence-electron chi connectivity index (χ1n) is 3.66. The summed E-state index contributed by atoms with van der Waals surface area (Å²) in [6.07, 6.45) is 5.46. The van der Waals surface area contributed by atoms with E-state index in [1.165, 1.54) is 6.42 Å². The van der Waals surface area contributed by atoms with Gasteiger partial charge in [-0.3, -0.25) is 0 Å². The monoisotopic (exact) mass is 208 g/mol. The Hall–Kier alpha value is -0.121. The minimum Gasteiger partial charge on any atom is -0.141 e. The van der Waals surface area contributed by atoms with E-state index in [0.29, 0.717) is 0 Å². The normalized spacial score (nSPS) is 18.6. The van der Waals surface area contributed by atoms with Crippen LogP contribution in [0.2, 0.25) is 0 Å². The van der Waals surface area contributed by atoms with Crippen molar-refractivity contribution in [1.29, 1.82) is 5.53 Å². The average molecular weight is 209 g/mol. The standard InChI is InChI=1S/C6H12N2O2.Cu/c7-8(10-9)6-4-2-1-3-5-6;/h6-7H,1-5H2;/q;+2/p+1. The summed E-state index contributed by atoms with van der Waals surface area (Å²) in [4.78, 5) is 4.58. The zero-order valence-electron chi connectivity index (χ0n) is 6.22. The summed E-state index contributed by atoms with van der Waals surface area (Å²) in [5, 5.41) is 8.13. The number of nitrogens with zero attached hydrogens (tertiary/aromatic N) is 1. The van der Waals surface area contributed by atoms with Gasteiger partial charge in [0.05, 0.1) is 0 Å². The molecule has 2 N–H and O–H groups in total. The minimum atomic E-state index is 0. The fourth-order valence-corrected chi connectivity index (χ4v) is 1.38. The van der Waals surface area contributed by atoms with Crippen LogP contribution in [0, 0.1) is 5.53 Å². The van der Waals surface area contributed by atoms with Crippen LogP contribution in [0.3, 0.4) is 0 Å². The number of hydrogen-bond acceptors (Lipinski definition) is 3. The number of hydroxylamine groups is 1. The van der Waals surface area contributed by atoms with E-state index in [4.69, 9.17) is 10.8 Å². The molecule has 67 valence electrons. The van der Waals surface area contributed by atoms with Crippen molar-refractivity contribution in [3.63, 3.8) is 0 Å². The molecule has 0 atom stereocenters. The molecule has 5 heteroatoms. The molecular weight excluding hydrogens is 196 g/mol. The molecular formula is C6H13CuN2O2+3. The Morgan fingerprint density at radius 1 is 1.27 bits per heavy atom. The van der Waals surface area contributed by atoms with Gasteiger partial charge in [-0.2, -0.15) is 0 Å². The third kappa shape index (κ3) is 3.18. The van der Waals surface area contributed by atoms with Crippen LogP contribution in [0.4, 0.5) is 0 Å². The van der Waals surface area contributed by atoms with Crippen LogP contribution in [-0.4, -0.2) is 16.2 Å². The molecule has 11 heavy (non-hydrogen) atoms. The van der Waals surface area contributed by atoms with Gasteiger partial charge in [-0.15, -0.1) is 5.26 Å². The Bertz CT molecular complexity index is 126. The summed E-state index contributed by atoms with van der Waals surface area (Å²) in [6, 6.07) is 0.0961. The van der Waals surface area contributed by atoms with Crippen LogP contribution in [0.5, 0.6) is 0 Å². The van der Waals surface area contributed by atoms with Crippen molar-refractivity contribution >= 4 is 0 Å². The third-order valence-electron chi connectivity index (χ3n) is 1.99. The maximum absolute atomic E-state index is 8.13. The molecule has 1 radical (unpaired) electrons. The van der Waals surface area contributed by atoms with Crippen molar-refractivity contribution in [3.05, 3.63) is 0 Å². The fraction of sp³-hybridized carbons (Fsp3) is 1.00. The Kier molecular flexibility index (Phi) is 5.46. The second-order valence-corrected chi connectivity index (χ2v) is 2.70. The van der Waals surface area contributed by atoms with Gasteiger partial charge < -0.3 is 0 Å². The van der Waals surface area contributed by atoms with E-state index >= 15 is 0 Å². The molecule has 0 heterocycles. The number of nitrogens with one attached hydrogen (secondary N) is 1. The van der Waals surface area contributed by atoms with E-state index in [0.717, 1.165) is 30.5 Å². The smallest absolute Gasteiger partial charge is 0.141 e. The van der Waals surface area contributed by atoms with Gasteiger partial charge in [0.1, 0.15) is 4.86 Å².